The molecule has 0 fully saturated rings. The Labute approximate surface area is 120 Å². The average molecular weight is 295 g/mol. The minimum atomic E-state index is -0.497. The number of benzene rings is 2. The number of hydrogen-bond acceptors (Lipinski definition) is 2. The molecule has 2 rings (SSSR count). The van der Waals surface area contributed by atoms with E-state index in [0.29, 0.717) is 16.4 Å². The molecule has 0 aliphatic rings. The minimum absolute atomic E-state index is 0.235. The van der Waals surface area contributed by atoms with Crippen LogP contribution < -0.4 is 15.4 Å². The zero-order chi connectivity index (χ0) is 14.5. The van der Waals surface area contributed by atoms with Crippen molar-refractivity contribution in [2.45, 2.75) is 0 Å². The second-order valence-corrected chi connectivity index (χ2v) is 4.31. The Morgan fingerprint density at radius 2 is 1.85 bits per heavy atom. The van der Waals surface area contributed by atoms with E-state index in [2.05, 4.69) is 10.6 Å². The first-order valence-electron chi connectivity index (χ1n) is 5.76. The molecule has 6 heteroatoms. The van der Waals surface area contributed by atoms with Gasteiger partial charge in [-0.05, 0) is 24.3 Å². The van der Waals surface area contributed by atoms with Crippen LogP contribution in [0.15, 0.2) is 42.5 Å². The molecule has 2 aromatic rings. The highest BCUT2D eigenvalue weighted by Crippen LogP contribution is 2.26. The molecule has 0 saturated heterocycles. The quantitative estimate of drug-likeness (QED) is 0.894. The minimum Gasteiger partial charge on any atom is -0.494 e. The van der Waals surface area contributed by atoms with E-state index < -0.39 is 11.8 Å². The molecule has 0 bridgehead atoms. The van der Waals surface area contributed by atoms with E-state index in [1.54, 1.807) is 24.3 Å². The molecule has 0 atom stereocenters. The predicted molar refractivity (Wildman–Crippen MR) is 77.0 cm³/mol. The van der Waals surface area contributed by atoms with Gasteiger partial charge in [0.25, 0.3) is 0 Å². The second-order valence-electron chi connectivity index (χ2n) is 3.90. The molecule has 0 radical (unpaired) electrons. The summed E-state index contributed by atoms with van der Waals surface area (Å²) in [6.07, 6.45) is 0. The molecule has 0 spiro atoms. The van der Waals surface area contributed by atoms with Crippen molar-refractivity contribution >= 4 is 29.0 Å². The number of halogens is 2. The molecule has 0 unspecified atom stereocenters. The van der Waals surface area contributed by atoms with Crippen LogP contribution in [0, 0.1) is 5.82 Å². The first-order valence-corrected chi connectivity index (χ1v) is 6.14. The van der Waals surface area contributed by atoms with Gasteiger partial charge >= 0.3 is 6.03 Å². The highest BCUT2D eigenvalue weighted by molar-refractivity contribution is 6.33. The third-order valence-electron chi connectivity index (χ3n) is 2.53. The highest BCUT2D eigenvalue weighted by atomic mass is 35.5. The number of carbonyl (C=O) groups excluding carboxylic acids is 1. The summed E-state index contributed by atoms with van der Waals surface area (Å²) in [6.45, 7) is 0. The van der Waals surface area contributed by atoms with E-state index in [1.807, 2.05) is 0 Å². The Kier molecular flexibility index (Phi) is 4.42. The van der Waals surface area contributed by atoms with Crippen LogP contribution in [0.1, 0.15) is 0 Å². The smallest absolute Gasteiger partial charge is 0.323 e. The molecule has 2 N–H and O–H groups in total. The summed E-state index contributed by atoms with van der Waals surface area (Å²) in [7, 11) is 1.39. The molecule has 2 aromatic carbocycles. The van der Waals surface area contributed by atoms with Crippen molar-refractivity contribution < 1.29 is 13.9 Å². The standard InChI is InChI=1S/C14H12ClFN2O2/c1-20-13-8-9(16)6-7-12(13)18-14(19)17-11-5-3-2-4-10(11)15/h2-8H,1H3,(H2,17,18,19). The van der Waals surface area contributed by atoms with Gasteiger partial charge < -0.3 is 15.4 Å². The van der Waals surface area contributed by atoms with Gasteiger partial charge in [0.2, 0.25) is 0 Å². The van der Waals surface area contributed by atoms with Crippen LogP contribution in [-0.2, 0) is 0 Å². The summed E-state index contributed by atoms with van der Waals surface area (Å²) in [6, 6.07) is 10.2. The number of hydrogen-bond donors (Lipinski definition) is 2. The average Bonchev–Trinajstić information content (AvgIpc) is 2.43. The Balaban J connectivity index is 2.11. The zero-order valence-corrected chi connectivity index (χ0v) is 11.4. The molecule has 2 amide bonds. The summed E-state index contributed by atoms with van der Waals surface area (Å²) < 4.78 is 18.0. The number of ether oxygens (including phenoxy) is 1. The van der Waals surface area contributed by atoms with E-state index in [9.17, 15) is 9.18 Å². The molecule has 0 aromatic heterocycles. The number of methoxy groups -OCH3 is 1. The molecule has 104 valence electrons. The Bertz CT molecular complexity index is 634. The van der Waals surface area contributed by atoms with Gasteiger partial charge in [0.15, 0.2) is 0 Å². The van der Waals surface area contributed by atoms with Gasteiger partial charge in [0.1, 0.15) is 11.6 Å². The van der Waals surface area contributed by atoms with Gasteiger partial charge in [0, 0.05) is 6.07 Å². The molecule has 0 aliphatic heterocycles. The van der Waals surface area contributed by atoms with E-state index in [1.165, 1.54) is 25.3 Å². The number of amides is 2. The maximum atomic E-state index is 13.0. The lowest BCUT2D eigenvalue weighted by Gasteiger charge is -2.11. The zero-order valence-electron chi connectivity index (χ0n) is 10.6. The van der Waals surface area contributed by atoms with Crippen molar-refractivity contribution in [3.8, 4) is 5.75 Å². The van der Waals surface area contributed by atoms with Crippen LogP contribution in [0.5, 0.6) is 5.75 Å². The van der Waals surface area contributed by atoms with Crippen LogP contribution in [0.2, 0.25) is 5.02 Å². The Morgan fingerprint density at radius 3 is 2.55 bits per heavy atom. The molecular weight excluding hydrogens is 283 g/mol. The van der Waals surface area contributed by atoms with Crippen LogP contribution in [0.3, 0.4) is 0 Å². The number of urea groups is 1. The SMILES string of the molecule is COc1cc(F)ccc1NC(=O)Nc1ccccc1Cl. The lowest BCUT2D eigenvalue weighted by molar-refractivity contribution is 0.262. The van der Waals surface area contributed by atoms with Gasteiger partial charge in [-0.2, -0.15) is 0 Å². The number of anilines is 2. The molecule has 0 saturated carbocycles. The molecule has 20 heavy (non-hydrogen) atoms. The van der Waals surface area contributed by atoms with Crippen molar-refractivity contribution in [3.05, 3.63) is 53.3 Å². The monoisotopic (exact) mass is 294 g/mol. The van der Waals surface area contributed by atoms with Gasteiger partial charge in [0.05, 0.1) is 23.5 Å². The van der Waals surface area contributed by atoms with Gasteiger partial charge in [-0.25, -0.2) is 9.18 Å². The third kappa shape index (κ3) is 3.39. The molecule has 4 nitrogen and oxygen atoms in total. The van der Waals surface area contributed by atoms with E-state index in [0.717, 1.165) is 0 Å². The van der Waals surface area contributed by atoms with Gasteiger partial charge in [-0.3, -0.25) is 0 Å². The summed E-state index contributed by atoms with van der Waals surface area (Å²) in [5.41, 5.74) is 0.839. The summed E-state index contributed by atoms with van der Waals surface area (Å²) in [5, 5.41) is 5.58. The lowest BCUT2D eigenvalue weighted by atomic mass is 10.3. The first-order chi connectivity index (χ1) is 9.60. The van der Waals surface area contributed by atoms with Crippen molar-refractivity contribution in [3.63, 3.8) is 0 Å². The fourth-order valence-electron chi connectivity index (χ4n) is 1.61. The topological polar surface area (TPSA) is 50.4 Å². The molecule has 0 heterocycles. The lowest BCUT2D eigenvalue weighted by Crippen LogP contribution is -2.20. The Morgan fingerprint density at radius 1 is 1.15 bits per heavy atom. The van der Waals surface area contributed by atoms with Gasteiger partial charge in [-0.15, -0.1) is 0 Å². The highest BCUT2D eigenvalue weighted by Gasteiger charge is 2.09. The summed E-state index contributed by atoms with van der Waals surface area (Å²) in [5.74, 6) is -0.210. The summed E-state index contributed by atoms with van der Waals surface area (Å²) in [4.78, 5) is 11.9. The maximum absolute atomic E-state index is 13.0. The third-order valence-corrected chi connectivity index (χ3v) is 2.86. The fraction of sp³-hybridized carbons (Fsp3) is 0.0714. The summed E-state index contributed by atoms with van der Waals surface area (Å²) >= 11 is 5.93. The maximum Gasteiger partial charge on any atom is 0.323 e. The largest absolute Gasteiger partial charge is 0.494 e. The van der Waals surface area contributed by atoms with Crippen LogP contribution in [0.4, 0.5) is 20.6 Å². The molecular formula is C14H12ClFN2O2. The van der Waals surface area contributed by atoms with Crippen molar-refractivity contribution in [2.24, 2.45) is 0 Å². The normalized spacial score (nSPS) is 9.95. The second kappa shape index (κ2) is 6.25. The van der Waals surface area contributed by atoms with E-state index in [-0.39, 0.29) is 5.75 Å². The van der Waals surface area contributed by atoms with Crippen molar-refractivity contribution in [1.29, 1.82) is 0 Å². The fourth-order valence-corrected chi connectivity index (χ4v) is 1.79. The van der Waals surface area contributed by atoms with Crippen molar-refractivity contribution in [1.82, 2.24) is 0 Å². The Hall–Kier alpha value is -2.27. The van der Waals surface area contributed by atoms with Crippen LogP contribution in [0.25, 0.3) is 0 Å². The number of rotatable bonds is 3. The predicted octanol–water partition coefficient (Wildman–Crippen LogP) is 4.13. The van der Waals surface area contributed by atoms with Crippen LogP contribution in [-0.4, -0.2) is 13.1 Å². The first kappa shape index (κ1) is 14.1. The molecule has 0 aliphatic carbocycles. The number of carbonyl (C=O) groups is 1. The van der Waals surface area contributed by atoms with E-state index in [4.69, 9.17) is 16.3 Å². The van der Waals surface area contributed by atoms with Crippen LogP contribution >= 0.6 is 11.6 Å². The van der Waals surface area contributed by atoms with E-state index >= 15 is 0 Å². The van der Waals surface area contributed by atoms with Crippen molar-refractivity contribution in [2.75, 3.05) is 17.7 Å². The van der Waals surface area contributed by atoms with Gasteiger partial charge in [-0.1, -0.05) is 23.7 Å². The number of nitrogens with one attached hydrogen (secondary N) is 2. The number of para-hydroxylation sites is 1.